The maximum absolute atomic E-state index is 11.5. The Kier molecular flexibility index (Phi) is 3.71. The Morgan fingerprint density at radius 2 is 2.27 bits per heavy atom. The summed E-state index contributed by atoms with van der Waals surface area (Å²) in [5.41, 5.74) is 0.155. The van der Waals surface area contributed by atoms with E-state index in [4.69, 9.17) is 0 Å². The van der Waals surface area contributed by atoms with Gasteiger partial charge in [0.2, 0.25) is 5.91 Å². The molecule has 1 rings (SSSR count). The summed E-state index contributed by atoms with van der Waals surface area (Å²) in [5.74, 6) is -0.313. The van der Waals surface area contributed by atoms with Crippen LogP contribution >= 0.6 is 0 Å². The lowest BCUT2D eigenvalue weighted by Gasteiger charge is -2.24. The molecule has 2 N–H and O–H groups in total. The second kappa shape index (κ2) is 4.82. The molecule has 1 aliphatic heterocycles. The summed E-state index contributed by atoms with van der Waals surface area (Å²) in [4.78, 5) is 22.6. The van der Waals surface area contributed by atoms with Gasteiger partial charge in [0.05, 0.1) is 7.11 Å². The highest BCUT2D eigenvalue weighted by atomic mass is 16.5. The van der Waals surface area contributed by atoms with Gasteiger partial charge in [-0.05, 0) is 12.3 Å². The quantitative estimate of drug-likeness (QED) is 0.653. The Morgan fingerprint density at radius 1 is 1.60 bits per heavy atom. The Labute approximate surface area is 88.9 Å². The predicted octanol–water partition coefficient (Wildman–Crippen LogP) is 0.135. The van der Waals surface area contributed by atoms with Crippen LogP contribution in [-0.2, 0) is 14.3 Å². The molecule has 1 aliphatic rings. The summed E-state index contributed by atoms with van der Waals surface area (Å²) in [5, 5.41) is 5.40. The van der Waals surface area contributed by atoms with Crippen molar-refractivity contribution in [2.24, 2.45) is 5.92 Å². The fourth-order valence-electron chi connectivity index (χ4n) is 1.38. The monoisotopic (exact) mass is 212 g/mol. The molecule has 15 heavy (non-hydrogen) atoms. The average Bonchev–Trinajstić information content (AvgIpc) is 2.19. The molecule has 1 heterocycles. The molecule has 1 atom stereocenters. The van der Waals surface area contributed by atoms with Gasteiger partial charge in [-0.2, -0.15) is 0 Å². The lowest BCUT2D eigenvalue weighted by atomic mass is 10.0. The zero-order valence-corrected chi connectivity index (χ0v) is 9.16. The van der Waals surface area contributed by atoms with Gasteiger partial charge in [-0.1, -0.05) is 13.8 Å². The Hall–Kier alpha value is -1.52. The number of hydrogen-bond acceptors (Lipinski definition) is 4. The van der Waals surface area contributed by atoms with Crippen LogP contribution in [0.1, 0.15) is 20.3 Å². The molecule has 0 aromatic heterocycles. The van der Waals surface area contributed by atoms with Gasteiger partial charge in [0, 0.05) is 6.20 Å². The third-order valence-electron chi connectivity index (χ3n) is 2.12. The van der Waals surface area contributed by atoms with Crippen LogP contribution in [-0.4, -0.2) is 25.0 Å². The van der Waals surface area contributed by atoms with Crippen LogP contribution in [0.2, 0.25) is 0 Å². The van der Waals surface area contributed by atoms with E-state index in [9.17, 15) is 9.59 Å². The zero-order valence-electron chi connectivity index (χ0n) is 9.16. The highest BCUT2D eigenvalue weighted by Gasteiger charge is 2.26. The SMILES string of the molecule is COC(=O)C1=CN[C@@H](CC(C)C)C(=O)N1. The first-order chi connectivity index (χ1) is 7.04. The van der Waals surface area contributed by atoms with Crippen molar-refractivity contribution < 1.29 is 14.3 Å². The molecule has 0 bridgehead atoms. The van der Waals surface area contributed by atoms with Crippen molar-refractivity contribution in [3.8, 4) is 0 Å². The molecule has 84 valence electrons. The van der Waals surface area contributed by atoms with E-state index in [0.29, 0.717) is 5.92 Å². The standard InChI is InChI=1S/C10H16N2O3/c1-6(2)4-7-9(13)12-8(5-11-7)10(14)15-3/h5-7,11H,4H2,1-3H3,(H,12,13)/t7-/m0/s1. The minimum absolute atomic E-state index is 0.155. The molecular formula is C10H16N2O3. The molecule has 0 aromatic carbocycles. The summed E-state index contributed by atoms with van der Waals surface area (Å²) in [6.07, 6.45) is 2.22. The van der Waals surface area contributed by atoms with Crippen LogP contribution in [0, 0.1) is 5.92 Å². The van der Waals surface area contributed by atoms with E-state index in [1.54, 1.807) is 0 Å². The number of methoxy groups -OCH3 is 1. The first-order valence-electron chi connectivity index (χ1n) is 4.90. The third kappa shape index (κ3) is 2.97. The van der Waals surface area contributed by atoms with Crippen molar-refractivity contribution in [3.63, 3.8) is 0 Å². The number of carbonyl (C=O) groups excluding carboxylic acids is 2. The van der Waals surface area contributed by atoms with Crippen molar-refractivity contribution in [3.05, 3.63) is 11.9 Å². The highest BCUT2D eigenvalue weighted by molar-refractivity contribution is 5.96. The van der Waals surface area contributed by atoms with E-state index in [1.165, 1.54) is 13.3 Å². The lowest BCUT2D eigenvalue weighted by molar-refractivity contribution is -0.138. The summed E-state index contributed by atoms with van der Waals surface area (Å²) in [7, 11) is 1.27. The van der Waals surface area contributed by atoms with Gasteiger partial charge in [0.15, 0.2) is 0 Å². The van der Waals surface area contributed by atoms with Crippen LogP contribution in [0.5, 0.6) is 0 Å². The molecular weight excluding hydrogens is 196 g/mol. The Morgan fingerprint density at radius 3 is 2.73 bits per heavy atom. The van der Waals surface area contributed by atoms with E-state index < -0.39 is 5.97 Å². The topological polar surface area (TPSA) is 67.4 Å². The van der Waals surface area contributed by atoms with E-state index in [1.807, 2.05) is 13.8 Å². The van der Waals surface area contributed by atoms with E-state index in [-0.39, 0.29) is 17.6 Å². The van der Waals surface area contributed by atoms with Gasteiger partial charge in [-0.25, -0.2) is 4.79 Å². The zero-order chi connectivity index (χ0) is 11.4. The van der Waals surface area contributed by atoms with Crippen LogP contribution in [0.15, 0.2) is 11.9 Å². The van der Waals surface area contributed by atoms with Gasteiger partial charge in [-0.15, -0.1) is 0 Å². The average molecular weight is 212 g/mol. The number of rotatable bonds is 3. The molecule has 5 heteroatoms. The molecule has 1 amide bonds. The van der Waals surface area contributed by atoms with Gasteiger partial charge in [-0.3, -0.25) is 4.79 Å². The van der Waals surface area contributed by atoms with E-state index >= 15 is 0 Å². The van der Waals surface area contributed by atoms with Crippen molar-refractivity contribution in [2.75, 3.05) is 7.11 Å². The summed E-state index contributed by atoms with van der Waals surface area (Å²) >= 11 is 0. The van der Waals surface area contributed by atoms with Gasteiger partial charge < -0.3 is 15.4 Å². The number of ether oxygens (including phenoxy) is 1. The Bertz CT molecular complexity index is 297. The molecule has 0 radical (unpaired) electrons. The summed E-state index contributed by atoms with van der Waals surface area (Å²) < 4.78 is 4.49. The van der Waals surface area contributed by atoms with Crippen LogP contribution in [0.3, 0.4) is 0 Å². The maximum Gasteiger partial charge on any atom is 0.356 e. The lowest BCUT2D eigenvalue weighted by Crippen LogP contribution is -2.48. The number of esters is 1. The molecule has 5 nitrogen and oxygen atoms in total. The summed E-state index contributed by atoms with van der Waals surface area (Å²) in [6.45, 7) is 4.07. The van der Waals surface area contributed by atoms with Gasteiger partial charge in [0.25, 0.3) is 0 Å². The van der Waals surface area contributed by atoms with Crippen molar-refractivity contribution >= 4 is 11.9 Å². The van der Waals surface area contributed by atoms with E-state index in [0.717, 1.165) is 6.42 Å². The van der Waals surface area contributed by atoms with Crippen LogP contribution in [0.4, 0.5) is 0 Å². The number of carbonyl (C=O) groups is 2. The fourth-order valence-corrected chi connectivity index (χ4v) is 1.38. The number of amides is 1. The van der Waals surface area contributed by atoms with Crippen molar-refractivity contribution in [1.29, 1.82) is 0 Å². The molecule has 0 saturated carbocycles. The molecule has 0 unspecified atom stereocenters. The second-order valence-corrected chi connectivity index (χ2v) is 3.89. The first kappa shape index (κ1) is 11.6. The van der Waals surface area contributed by atoms with E-state index in [2.05, 4.69) is 15.4 Å². The molecule has 0 spiro atoms. The third-order valence-corrected chi connectivity index (χ3v) is 2.12. The highest BCUT2D eigenvalue weighted by Crippen LogP contribution is 2.09. The van der Waals surface area contributed by atoms with Crippen molar-refractivity contribution in [2.45, 2.75) is 26.3 Å². The first-order valence-corrected chi connectivity index (χ1v) is 4.90. The molecule has 0 fully saturated rings. The largest absolute Gasteiger partial charge is 0.464 e. The molecule has 0 aliphatic carbocycles. The smallest absolute Gasteiger partial charge is 0.356 e. The normalized spacial score (nSPS) is 20.4. The minimum atomic E-state index is -0.543. The second-order valence-electron chi connectivity index (χ2n) is 3.89. The number of hydrogen-bond donors (Lipinski definition) is 2. The van der Waals surface area contributed by atoms with Gasteiger partial charge in [0.1, 0.15) is 11.7 Å². The predicted molar refractivity (Wildman–Crippen MR) is 54.6 cm³/mol. The minimum Gasteiger partial charge on any atom is -0.464 e. The van der Waals surface area contributed by atoms with Crippen molar-refractivity contribution in [1.82, 2.24) is 10.6 Å². The summed E-state index contributed by atoms with van der Waals surface area (Å²) in [6, 6.07) is -0.265. The Balaban J connectivity index is 2.63. The van der Waals surface area contributed by atoms with Crippen LogP contribution in [0.25, 0.3) is 0 Å². The fraction of sp³-hybridized carbons (Fsp3) is 0.600. The maximum atomic E-state index is 11.5. The molecule has 0 saturated heterocycles. The van der Waals surface area contributed by atoms with Gasteiger partial charge >= 0.3 is 5.97 Å². The number of nitrogens with one attached hydrogen (secondary N) is 2. The molecule has 0 aromatic rings. The van der Waals surface area contributed by atoms with Crippen LogP contribution < -0.4 is 10.6 Å².